The molecule has 1 amide bonds. The van der Waals surface area contributed by atoms with E-state index < -0.39 is 0 Å². The number of aryl methyl sites for hydroxylation is 1. The zero-order chi connectivity index (χ0) is 10.8. The van der Waals surface area contributed by atoms with E-state index in [1.807, 2.05) is 19.1 Å². The van der Waals surface area contributed by atoms with Gasteiger partial charge in [0.1, 0.15) is 0 Å². The molecule has 0 saturated heterocycles. The van der Waals surface area contributed by atoms with Gasteiger partial charge in [0.15, 0.2) is 0 Å². The van der Waals surface area contributed by atoms with Crippen LogP contribution in [0.3, 0.4) is 0 Å². The predicted octanol–water partition coefficient (Wildman–Crippen LogP) is 2.51. The number of carbonyl (C=O) groups excluding carboxylic acids is 1. The number of ether oxygens (including phenoxy) is 1. The summed E-state index contributed by atoms with van der Waals surface area (Å²) in [5, 5.41) is 0. The average Bonchev–Trinajstić information content (AvgIpc) is 2.60. The van der Waals surface area contributed by atoms with Gasteiger partial charge in [-0.1, -0.05) is 17.7 Å². The van der Waals surface area contributed by atoms with Gasteiger partial charge >= 0.3 is 6.09 Å². The highest BCUT2D eigenvalue weighted by atomic mass is 16.6. The van der Waals surface area contributed by atoms with Crippen LogP contribution in [0.2, 0.25) is 0 Å². The van der Waals surface area contributed by atoms with Crippen LogP contribution in [0.1, 0.15) is 18.1 Å². The van der Waals surface area contributed by atoms with Crippen molar-refractivity contribution in [1.29, 1.82) is 0 Å². The second-order valence-corrected chi connectivity index (χ2v) is 3.73. The fourth-order valence-electron chi connectivity index (χ4n) is 1.92. The molecule has 1 aromatic carbocycles. The molecule has 2 rings (SSSR count). The lowest BCUT2D eigenvalue weighted by Gasteiger charge is -2.16. The maximum Gasteiger partial charge on any atom is 0.414 e. The van der Waals surface area contributed by atoms with Crippen molar-refractivity contribution in [1.82, 2.24) is 0 Å². The van der Waals surface area contributed by atoms with Crippen molar-refractivity contribution in [3.63, 3.8) is 0 Å². The molecule has 0 radical (unpaired) electrons. The van der Waals surface area contributed by atoms with Gasteiger partial charge in [0.25, 0.3) is 0 Å². The first-order valence-electron chi connectivity index (χ1n) is 5.26. The third kappa shape index (κ3) is 1.82. The largest absolute Gasteiger partial charge is 0.449 e. The van der Waals surface area contributed by atoms with Crippen molar-refractivity contribution in [3.05, 3.63) is 29.3 Å². The topological polar surface area (TPSA) is 29.5 Å². The third-order valence-corrected chi connectivity index (χ3v) is 2.62. The molecular weight excluding hydrogens is 190 g/mol. The summed E-state index contributed by atoms with van der Waals surface area (Å²) in [5.41, 5.74) is 3.47. The van der Waals surface area contributed by atoms with E-state index >= 15 is 0 Å². The number of anilines is 1. The highest BCUT2D eigenvalue weighted by Crippen LogP contribution is 2.29. The summed E-state index contributed by atoms with van der Waals surface area (Å²) in [6.07, 6.45) is 0.690. The summed E-state index contributed by atoms with van der Waals surface area (Å²) in [5.74, 6) is 0. The van der Waals surface area contributed by atoms with Crippen LogP contribution in [0.15, 0.2) is 18.2 Å². The lowest BCUT2D eigenvalue weighted by molar-refractivity contribution is 0.160. The van der Waals surface area contributed by atoms with Gasteiger partial charge < -0.3 is 4.74 Å². The number of nitrogens with zero attached hydrogens (tertiary/aromatic N) is 1. The maximum atomic E-state index is 11.6. The molecule has 3 heteroatoms. The monoisotopic (exact) mass is 205 g/mol. The van der Waals surface area contributed by atoms with Gasteiger partial charge in [0.05, 0.1) is 12.3 Å². The third-order valence-electron chi connectivity index (χ3n) is 2.62. The molecule has 15 heavy (non-hydrogen) atoms. The quantitative estimate of drug-likeness (QED) is 0.705. The van der Waals surface area contributed by atoms with Gasteiger partial charge in [-0.25, -0.2) is 4.79 Å². The summed E-state index contributed by atoms with van der Waals surface area (Å²) >= 11 is 0. The van der Waals surface area contributed by atoms with Crippen LogP contribution in [-0.2, 0) is 11.2 Å². The minimum Gasteiger partial charge on any atom is -0.449 e. The molecule has 0 saturated carbocycles. The van der Waals surface area contributed by atoms with E-state index in [9.17, 15) is 4.79 Å². The average molecular weight is 205 g/mol. The molecule has 1 aliphatic heterocycles. The predicted molar refractivity (Wildman–Crippen MR) is 59.3 cm³/mol. The standard InChI is InChI=1S/C12H15NO2/c1-3-15-12(14)13-7-6-10-8-9(2)4-5-11(10)13/h4-5,8H,3,6-7H2,1-2H3. The molecule has 80 valence electrons. The van der Waals surface area contributed by atoms with Crippen LogP contribution < -0.4 is 4.90 Å². The van der Waals surface area contributed by atoms with Gasteiger partial charge in [-0.2, -0.15) is 0 Å². The Hall–Kier alpha value is -1.51. The van der Waals surface area contributed by atoms with Crippen LogP contribution in [0.25, 0.3) is 0 Å². The number of hydrogen-bond acceptors (Lipinski definition) is 2. The van der Waals surface area contributed by atoms with Gasteiger partial charge in [0, 0.05) is 6.54 Å². The van der Waals surface area contributed by atoms with E-state index in [0.717, 1.165) is 18.7 Å². The molecule has 1 aromatic rings. The Morgan fingerprint density at radius 1 is 1.53 bits per heavy atom. The van der Waals surface area contributed by atoms with Gasteiger partial charge in [-0.3, -0.25) is 4.90 Å². The number of hydrogen-bond donors (Lipinski definition) is 0. The molecule has 0 fully saturated rings. The number of fused-ring (bicyclic) bond motifs is 1. The first-order valence-corrected chi connectivity index (χ1v) is 5.26. The molecule has 0 bridgehead atoms. The summed E-state index contributed by atoms with van der Waals surface area (Å²) in [4.78, 5) is 13.3. The van der Waals surface area contributed by atoms with Crippen LogP contribution in [0.4, 0.5) is 10.5 Å². The van der Waals surface area contributed by atoms with Crippen LogP contribution in [0.5, 0.6) is 0 Å². The second-order valence-electron chi connectivity index (χ2n) is 3.73. The Labute approximate surface area is 89.7 Å². The van der Waals surface area contributed by atoms with E-state index in [1.54, 1.807) is 4.90 Å². The van der Waals surface area contributed by atoms with Crippen LogP contribution >= 0.6 is 0 Å². The molecular formula is C12H15NO2. The number of benzene rings is 1. The number of rotatable bonds is 1. The van der Waals surface area contributed by atoms with E-state index in [0.29, 0.717) is 6.61 Å². The summed E-state index contributed by atoms with van der Waals surface area (Å²) < 4.78 is 5.00. The van der Waals surface area contributed by atoms with Crippen molar-refractivity contribution in [2.45, 2.75) is 20.3 Å². The lowest BCUT2D eigenvalue weighted by atomic mass is 10.1. The second kappa shape index (κ2) is 3.93. The molecule has 0 unspecified atom stereocenters. The summed E-state index contributed by atoms with van der Waals surface area (Å²) in [7, 11) is 0. The van der Waals surface area contributed by atoms with Crippen molar-refractivity contribution >= 4 is 11.8 Å². The fourth-order valence-corrected chi connectivity index (χ4v) is 1.92. The highest BCUT2D eigenvalue weighted by Gasteiger charge is 2.25. The van der Waals surface area contributed by atoms with Gasteiger partial charge in [-0.15, -0.1) is 0 Å². The molecule has 0 aliphatic carbocycles. The van der Waals surface area contributed by atoms with Crippen LogP contribution in [-0.4, -0.2) is 19.2 Å². The molecule has 0 aromatic heterocycles. The van der Waals surface area contributed by atoms with Crippen molar-refractivity contribution in [2.75, 3.05) is 18.1 Å². The van der Waals surface area contributed by atoms with E-state index in [1.165, 1.54) is 11.1 Å². The zero-order valence-electron chi connectivity index (χ0n) is 9.12. The molecule has 1 aliphatic rings. The SMILES string of the molecule is CCOC(=O)N1CCc2cc(C)ccc21. The first kappa shape index (κ1) is 10.0. The van der Waals surface area contributed by atoms with Gasteiger partial charge in [0.2, 0.25) is 0 Å². The minimum atomic E-state index is -0.236. The summed E-state index contributed by atoms with van der Waals surface area (Å²) in [6.45, 7) is 5.05. The van der Waals surface area contributed by atoms with Crippen LogP contribution in [0, 0.1) is 6.92 Å². The van der Waals surface area contributed by atoms with Crippen molar-refractivity contribution in [2.24, 2.45) is 0 Å². The molecule has 0 N–H and O–H groups in total. The van der Waals surface area contributed by atoms with Gasteiger partial charge in [-0.05, 0) is 31.9 Å². The Morgan fingerprint density at radius 2 is 2.33 bits per heavy atom. The minimum absolute atomic E-state index is 0.236. The Bertz CT molecular complexity index is 387. The first-order chi connectivity index (χ1) is 7.22. The molecule has 1 heterocycles. The molecule has 0 spiro atoms. The van der Waals surface area contributed by atoms with E-state index in [-0.39, 0.29) is 6.09 Å². The number of carbonyl (C=O) groups is 1. The van der Waals surface area contributed by atoms with Crippen molar-refractivity contribution < 1.29 is 9.53 Å². The maximum absolute atomic E-state index is 11.6. The zero-order valence-corrected chi connectivity index (χ0v) is 9.12. The Balaban J connectivity index is 2.25. The van der Waals surface area contributed by atoms with Crippen molar-refractivity contribution in [3.8, 4) is 0 Å². The fraction of sp³-hybridized carbons (Fsp3) is 0.417. The Kier molecular flexibility index (Phi) is 2.62. The lowest BCUT2D eigenvalue weighted by Crippen LogP contribution is -2.29. The van der Waals surface area contributed by atoms with E-state index in [4.69, 9.17) is 4.74 Å². The molecule has 3 nitrogen and oxygen atoms in total. The smallest absolute Gasteiger partial charge is 0.414 e. The number of amides is 1. The highest BCUT2D eigenvalue weighted by molar-refractivity contribution is 5.90. The van der Waals surface area contributed by atoms with E-state index in [2.05, 4.69) is 13.0 Å². The molecule has 0 atom stereocenters. The Morgan fingerprint density at radius 3 is 3.07 bits per heavy atom. The normalized spacial score (nSPS) is 13.9. The summed E-state index contributed by atoms with van der Waals surface area (Å²) in [6, 6.07) is 6.15.